The predicted octanol–water partition coefficient (Wildman–Crippen LogP) is 3.93. The molecule has 1 nitrogen and oxygen atoms in total. The van der Waals surface area contributed by atoms with Gasteiger partial charge in [0.25, 0.3) is 0 Å². The van der Waals surface area contributed by atoms with Gasteiger partial charge < -0.3 is 5.73 Å². The quantitative estimate of drug-likeness (QED) is 0.570. The van der Waals surface area contributed by atoms with Crippen molar-refractivity contribution >= 4 is 5.69 Å². The van der Waals surface area contributed by atoms with Gasteiger partial charge in [0.05, 0.1) is 0 Å². The van der Waals surface area contributed by atoms with E-state index in [9.17, 15) is 0 Å². The van der Waals surface area contributed by atoms with Crippen LogP contribution < -0.4 is 5.73 Å². The maximum absolute atomic E-state index is 5.28. The van der Waals surface area contributed by atoms with Crippen LogP contribution in [-0.2, 0) is 17.1 Å². The Hall–Kier alpha value is -0.981. The minimum atomic E-state index is 0. The number of rotatable bonds is 0. The van der Waals surface area contributed by atoms with E-state index < -0.39 is 0 Å². The topological polar surface area (TPSA) is 26.0 Å². The van der Waals surface area contributed by atoms with Gasteiger partial charge in [-0.25, -0.2) is 6.07 Å². The van der Waals surface area contributed by atoms with Crippen molar-refractivity contribution < 1.29 is 17.1 Å². The first-order chi connectivity index (χ1) is 7.45. The number of hydrogen-bond donors (Lipinski definition) is 1. The van der Waals surface area contributed by atoms with E-state index in [0.29, 0.717) is 0 Å². The Kier molecular flexibility index (Phi) is 6.30. The molecule has 2 N–H and O–H groups in total. The van der Waals surface area contributed by atoms with Gasteiger partial charge in [-0.2, -0.15) is 39.9 Å². The molecule has 0 aliphatic heterocycles. The molecule has 0 unspecified atom stereocenters. The van der Waals surface area contributed by atoms with Crippen molar-refractivity contribution in [1.82, 2.24) is 0 Å². The summed E-state index contributed by atoms with van der Waals surface area (Å²) in [5, 5.41) is 0. The molecule has 0 aliphatic carbocycles. The molecule has 2 aromatic carbocycles. The van der Waals surface area contributed by atoms with E-state index >= 15 is 0 Å². The third kappa shape index (κ3) is 3.76. The van der Waals surface area contributed by atoms with Crippen molar-refractivity contribution in [3.63, 3.8) is 0 Å². The molecule has 17 heavy (non-hydrogen) atoms. The minimum Gasteiger partial charge on any atom is -0.420 e. The van der Waals surface area contributed by atoms with Gasteiger partial charge in [-0.15, -0.1) is 6.07 Å². The first kappa shape index (κ1) is 16.0. The maximum atomic E-state index is 5.28. The van der Waals surface area contributed by atoms with E-state index in [0.717, 1.165) is 5.69 Å². The Bertz CT molecular complexity index is 369. The largest absolute Gasteiger partial charge is 2.00 e. The van der Waals surface area contributed by atoms with Gasteiger partial charge >= 0.3 is 17.1 Å². The van der Waals surface area contributed by atoms with Crippen LogP contribution in [0.1, 0.15) is 27.8 Å². The summed E-state index contributed by atoms with van der Waals surface area (Å²) in [5.41, 5.74) is 13.5. The normalized spacial score (nSPS) is 9.24. The number of nitrogens with two attached hydrogens (primary N) is 1. The number of nitrogen functional groups attached to an aromatic ring is 1. The third-order valence-electron chi connectivity index (χ3n) is 3.50. The van der Waals surface area contributed by atoms with Gasteiger partial charge in [-0.1, -0.05) is 40.3 Å². The standard InChI is InChI=1S/C10H15.C5H6N.Fe/c1-6-7(2)9(4)10(5)8(6)3;6-5-3-1-2-4-5;/h1-5H3;1-4H,6H2;/q2*-1;+2. The van der Waals surface area contributed by atoms with E-state index in [1.165, 1.54) is 27.8 Å². The van der Waals surface area contributed by atoms with Crippen LogP contribution in [0, 0.1) is 34.6 Å². The zero-order valence-corrected chi connectivity index (χ0v) is 12.3. The zero-order chi connectivity index (χ0) is 12.3. The first-order valence-electron chi connectivity index (χ1n) is 5.62. The molecule has 0 heterocycles. The van der Waals surface area contributed by atoms with Crippen LogP contribution in [-0.4, -0.2) is 0 Å². The van der Waals surface area contributed by atoms with Crippen LogP contribution in [0.5, 0.6) is 0 Å². The van der Waals surface area contributed by atoms with Crippen LogP contribution in [0.25, 0.3) is 0 Å². The average molecular weight is 271 g/mol. The van der Waals surface area contributed by atoms with E-state index in [2.05, 4.69) is 34.6 Å². The van der Waals surface area contributed by atoms with Gasteiger partial charge in [0.2, 0.25) is 0 Å². The van der Waals surface area contributed by atoms with Crippen LogP contribution in [0.4, 0.5) is 5.69 Å². The van der Waals surface area contributed by atoms with E-state index in [1.807, 2.05) is 24.3 Å². The fourth-order valence-electron chi connectivity index (χ4n) is 1.80. The van der Waals surface area contributed by atoms with Gasteiger partial charge in [0, 0.05) is 0 Å². The molecule has 0 spiro atoms. The molecule has 0 radical (unpaired) electrons. The van der Waals surface area contributed by atoms with E-state index in [4.69, 9.17) is 5.73 Å². The Morgan fingerprint density at radius 2 is 1.53 bits per heavy atom. The Morgan fingerprint density at radius 1 is 1.06 bits per heavy atom. The molecule has 94 valence electrons. The monoisotopic (exact) mass is 271 g/mol. The molecule has 2 heteroatoms. The maximum Gasteiger partial charge on any atom is 2.00 e. The number of anilines is 1. The summed E-state index contributed by atoms with van der Waals surface area (Å²) < 4.78 is 0. The molecule has 0 amide bonds. The van der Waals surface area contributed by atoms with Gasteiger partial charge in [0.1, 0.15) is 0 Å². The van der Waals surface area contributed by atoms with E-state index in [-0.39, 0.29) is 17.1 Å². The van der Waals surface area contributed by atoms with Crippen LogP contribution in [0.2, 0.25) is 0 Å². The Labute approximate surface area is 115 Å². The Morgan fingerprint density at radius 3 is 1.65 bits per heavy atom. The molecule has 0 saturated carbocycles. The number of hydrogen-bond acceptors (Lipinski definition) is 1. The summed E-state index contributed by atoms with van der Waals surface area (Å²) in [6, 6.07) is 7.55. The smallest absolute Gasteiger partial charge is 0.420 e. The zero-order valence-electron chi connectivity index (χ0n) is 11.2. The van der Waals surface area contributed by atoms with Crippen molar-refractivity contribution in [3.05, 3.63) is 52.1 Å². The van der Waals surface area contributed by atoms with Gasteiger partial charge in [-0.3, -0.25) is 0 Å². The first-order valence-corrected chi connectivity index (χ1v) is 5.62. The molecular weight excluding hydrogens is 250 g/mol. The molecule has 2 rings (SSSR count). The summed E-state index contributed by atoms with van der Waals surface area (Å²) in [6.45, 7) is 11.0. The van der Waals surface area contributed by atoms with Gasteiger partial charge in [0.15, 0.2) is 0 Å². The van der Waals surface area contributed by atoms with Crippen molar-refractivity contribution in [2.24, 2.45) is 0 Å². The molecule has 0 bridgehead atoms. The van der Waals surface area contributed by atoms with Crippen molar-refractivity contribution in [2.45, 2.75) is 34.6 Å². The van der Waals surface area contributed by atoms with Crippen molar-refractivity contribution in [3.8, 4) is 0 Å². The van der Waals surface area contributed by atoms with E-state index in [1.54, 1.807) is 0 Å². The van der Waals surface area contributed by atoms with Crippen molar-refractivity contribution in [1.29, 1.82) is 0 Å². The van der Waals surface area contributed by atoms with Crippen molar-refractivity contribution in [2.75, 3.05) is 5.73 Å². The fraction of sp³-hybridized carbons (Fsp3) is 0.333. The average Bonchev–Trinajstić information content (AvgIpc) is 2.80. The minimum absolute atomic E-state index is 0. The van der Waals surface area contributed by atoms with Gasteiger partial charge in [-0.05, 0) is 0 Å². The Balaban J connectivity index is 0.000000316. The SMILES string of the molecule is Cc1c(C)c(C)[c-](C)c1C.Nc1ccc[cH-]1.[Fe+2]. The molecule has 0 atom stereocenters. The summed E-state index contributed by atoms with van der Waals surface area (Å²) in [5.74, 6) is 0. The second kappa shape index (κ2) is 6.68. The fourth-order valence-corrected chi connectivity index (χ4v) is 1.80. The third-order valence-corrected chi connectivity index (χ3v) is 3.50. The summed E-state index contributed by atoms with van der Waals surface area (Å²) >= 11 is 0. The van der Waals surface area contributed by atoms with Crippen LogP contribution >= 0.6 is 0 Å². The summed E-state index contributed by atoms with van der Waals surface area (Å²) in [7, 11) is 0. The molecule has 0 aromatic heterocycles. The predicted molar refractivity (Wildman–Crippen MR) is 72.2 cm³/mol. The second-order valence-corrected chi connectivity index (χ2v) is 4.34. The molecular formula is C15H21FeN. The summed E-state index contributed by atoms with van der Waals surface area (Å²) in [4.78, 5) is 0. The molecule has 0 saturated heterocycles. The molecule has 0 fully saturated rings. The van der Waals surface area contributed by atoms with Crippen LogP contribution in [0.3, 0.4) is 0 Å². The molecule has 2 aromatic rings. The second-order valence-electron chi connectivity index (χ2n) is 4.34. The molecule has 0 aliphatic rings. The summed E-state index contributed by atoms with van der Waals surface area (Å²) in [6.07, 6.45) is 0. The van der Waals surface area contributed by atoms with Crippen LogP contribution in [0.15, 0.2) is 24.3 Å².